The first-order valence-electron chi connectivity index (χ1n) is 7.79. The first kappa shape index (κ1) is 15.4. The first-order chi connectivity index (χ1) is 11.5. The molecule has 0 radical (unpaired) electrons. The summed E-state index contributed by atoms with van der Waals surface area (Å²) in [5.74, 6) is -2.83. The molecule has 3 aliphatic rings. The van der Waals surface area contributed by atoms with Crippen LogP contribution in [0.15, 0.2) is 49.1 Å². The van der Waals surface area contributed by atoms with Gasteiger partial charge in [-0.2, -0.15) is 0 Å². The highest BCUT2D eigenvalue weighted by Crippen LogP contribution is 2.56. The molecule has 2 bridgehead atoms. The fraction of sp³-hybridized carbons (Fsp3) is 0.333. The summed E-state index contributed by atoms with van der Waals surface area (Å²) < 4.78 is 6.04. The second kappa shape index (κ2) is 5.19. The average Bonchev–Trinajstić information content (AvgIpc) is 3.17. The van der Waals surface area contributed by atoms with Gasteiger partial charge in [-0.05, 0) is 24.6 Å². The molecule has 3 heterocycles. The summed E-state index contributed by atoms with van der Waals surface area (Å²) in [5.41, 5.74) is -0.269. The molecule has 0 saturated carbocycles. The molecule has 1 N–H and O–H groups in total. The Balaban J connectivity index is 1.85. The summed E-state index contributed by atoms with van der Waals surface area (Å²) in [5, 5.41) is 10.1. The van der Waals surface area contributed by atoms with E-state index in [1.807, 2.05) is 6.08 Å². The minimum Gasteiger partial charge on any atom is -0.481 e. The number of benzene rings is 1. The fourth-order valence-electron chi connectivity index (χ4n) is 4.31. The number of fused-ring (bicyclic) bond motifs is 1. The summed E-state index contributed by atoms with van der Waals surface area (Å²) in [7, 11) is 0. The monoisotopic (exact) mass is 345 g/mol. The molecular formula is C18H16ClNO4. The number of carbonyl (C=O) groups excluding carboxylic acids is 1. The minimum atomic E-state index is -1.00. The largest absolute Gasteiger partial charge is 0.481 e. The third-order valence-electron chi connectivity index (χ3n) is 5.18. The lowest BCUT2D eigenvalue weighted by Crippen LogP contribution is -2.45. The van der Waals surface area contributed by atoms with Gasteiger partial charge in [0.2, 0.25) is 5.91 Å². The van der Waals surface area contributed by atoms with Crippen LogP contribution in [0.4, 0.5) is 5.69 Å². The molecule has 0 aliphatic carbocycles. The van der Waals surface area contributed by atoms with Gasteiger partial charge >= 0.3 is 5.97 Å². The van der Waals surface area contributed by atoms with Crippen molar-refractivity contribution in [3.63, 3.8) is 0 Å². The molecule has 5 atom stereocenters. The molecule has 2 saturated heterocycles. The molecule has 1 aromatic rings. The topological polar surface area (TPSA) is 66.8 Å². The van der Waals surface area contributed by atoms with Crippen molar-refractivity contribution in [2.75, 3.05) is 4.90 Å². The Morgan fingerprint density at radius 2 is 2.29 bits per heavy atom. The summed E-state index contributed by atoms with van der Waals surface area (Å²) in [6.07, 6.45) is 5.30. The zero-order valence-corrected chi connectivity index (χ0v) is 13.5. The third-order valence-corrected chi connectivity index (χ3v) is 5.42. The zero-order valence-electron chi connectivity index (χ0n) is 12.8. The van der Waals surface area contributed by atoms with Crippen LogP contribution in [-0.2, 0) is 14.3 Å². The highest BCUT2D eigenvalue weighted by Gasteiger charge is 2.71. The predicted octanol–water partition coefficient (Wildman–Crippen LogP) is 2.66. The van der Waals surface area contributed by atoms with Gasteiger partial charge in [0, 0.05) is 10.7 Å². The Bertz CT molecular complexity index is 776. The van der Waals surface area contributed by atoms with Crippen LogP contribution in [0.2, 0.25) is 5.02 Å². The molecule has 124 valence electrons. The molecule has 1 amide bonds. The molecule has 5 nitrogen and oxygen atoms in total. The number of rotatable bonds is 4. The second-order valence-electron chi connectivity index (χ2n) is 6.37. The van der Waals surface area contributed by atoms with Crippen LogP contribution in [-0.4, -0.2) is 34.7 Å². The van der Waals surface area contributed by atoms with Gasteiger partial charge in [-0.3, -0.25) is 9.59 Å². The number of hydrogen-bond donors (Lipinski definition) is 1. The van der Waals surface area contributed by atoms with Gasteiger partial charge in [0.05, 0.1) is 18.1 Å². The van der Waals surface area contributed by atoms with Gasteiger partial charge in [0.25, 0.3) is 0 Å². The lowest BCUT2D eigenvalue weighted by atomic mass is 9.74. The zero-order chi connectivity index (χ0) is 17.1. The van der Waals surface area contributed by atoms with Gasteiger partial charge in [-0.1, -0.05) is 35.9 Å². The maximum Gasteiger partial charge on any atom is 0.310 e. The van der Waals surface area contributed by atoms with Crippen LogP contribution in [0.5, 0.6) is 0 Å². The molecule has 3 aliphatic heterocycles. The van der Waals surface area contributed by atoms with Crippen molar-refractivity contribution in [2.45, 2.75) is 24.2 Å². The number of amides is 1. The van der Waals surface area contributed by atoms with Crippen molar-refractivity contribution in [2.24, 2.45) is 11.8 Å². The van der Waals surface area contributed by atoms with Crippen molar-refractivity contribution in [1.82, 2.24) is 0 Å². The van der Waals surface area contributed by atoms with Crippen LogP contribution in [0.3, 0.4) is 0 Å². The van der Waals surface area contributed by atoms with E-state index in [1.54, 1.807) is 41.3 Å². The number of anilines is 1. The van der Waals surface area contributed by atoms with Crippen LogP contribution in [0.1, 0.15) is 6.42 Å². The summed E-state index contributed by atoms with van der Waals surface area (Å²) in [6, 6.07) is 6.67. The van der Waals surface area contributed by atoms with E-state index >= 15 is 0 Å². The SMILES string of the molecule is C=CCC1N(c2cccc(Cl)c2)C(=O)C2C(C(=O)O)C3C=CC21O3. The van der Waals surface area contributed by atoms with Crippen LogP contribution < -0.4 is 4.90 Å². The normalized spacial score (nSPS) is 36.2. The van der Waals surface area contributed by atoms with Gasteiger partial charge in [-0.15, -0.1) is 6.58 Å². The second-order valence-corrected chi connectivity index (χ2v) is 6.80. The van der Waals surface area contributed by atoms with Crippen LogP contribution in [0.25, 0.3) is 0 Å². The fourth-order valence-corrected chi connectivity index (χ4v) is 4.50. The van der Waals surface area contributed by atoms with Gasteiger partial charge < -0.3 is 14.7 Å². The number of halogens is 1. The molecule has 5 unspecified atom stereocenters. The minimum absolute atomic E-state index is 0.233. The maximum absolute atomic E-state index is 13.2. The predicted molar refractivity (Wildman–Crippen MR) is 88.9 cm³/mol. The number of carbonyl (C=O) groups is 2. The molecule has 4 rings (SSSR count). The highest BCUT2D eigenvalue weighted by atomic mass is 35.5. The molecular weight excluding hydrogens is 330 g/mol. The number of carboxylic acid groups (broad SMARTS) is 1. The Morgan fingerprint density at radius 3 is 2.96 bits per heavy atom. The average molecular weight is 346 g/mol. The Kier molecular flexibility index (Phi) is 3.34. The standard InChI is InChI=1S/C18H16ClNO4/c1-2-4-13-18-8-7-12(24-18)14(17(22)23)15(18)16(21)20(13)11-6-3-5-10(19)9-11/h2-3,5-9,12-15H,1,4H2,(H,22,23). The van der Waals surface area contributed by atoms with E-state index in [0.717, 1.165) is 0 Å². The molecule has 0 aromatic heterocycles. The molecule has 1 aromatic carbocycles. The van der Waals surface area contributed by atoms with E-state index in [4.69, 9.17) is 16.3 Å². The van der Waals surface area contributed by atoms with E-state index < -0.39 is 29.5 Å². The Hall–Kier alpha value is -2.11. The van der Waals surface area contributed by atoms with E-state index in [2.05, 4.69) is 6.58 Å². The summed E-state index contributed by atoms with van der Waals surface area (Å²) in [6.45, 7) is 3.78. The van der Waals surface area contributed by atoms with E-state index in [0.29, 0.717) is 17.1 Å². The number of ether oxygens (including phenoxy) is 1. The van der Waals surface area contributed by atoms with Gasteiger partial charge in [0.15, 0.2) is 0 Å². The quantitative estimate of drug-likeness (QED) is 0.852. The lowest BCUT2D eigenvalue weighted by molar-refractivity contribution is -0.146. The molecule has 6 heteroatoms. The highest BCUT2D eigenvalue weighted by molar-refractivity contribution is 6.31. The van der Waals surface area contributed by atoms with E-state index in [-0.39, 0.29) is 11.9 Å². The molecule has 1 spiro atoms. The number of nitrogens with zero attached hydrogens (tertiary/aromatic N) is 1. The van der Waals surface area contributed by atoms with E-state index in [1.165, 1.54) is 0 Å². The smallest absolute Gasteiger partial charge is 0.310 e. The first-order valence-corrected chi connectivity index (χ1v) is 8.17. The third kappa shape index (κ3) is 1.85. The van der Waals surface area contributed by atoms with Crippen molar-refractivity contribution in [3.8, 4) is 0 Å². The molecule has 2 fully saturated rings. The Morgan fingerprint density at radius 1 is 1.50 bits per heavy atom. The van der Waals surface area contributed by atoms with Crippen molar-refractivity contribution >= 4 is 29.2 Å². The van der Waals surface area contributed by atoms with Crippen LogP contribution >= 0.6 is 11.6 Å². The number of aliphatic carboxylic acids is 1. The van der Waals surface area contributed by atoms with Crippen molar-refractivity contribution < 1.29 is 19.4 Å². The lowest BCUT2D eigenvalue weighted by Gasteiger charge is -2.32. The number of hydrogen-bond acceptors (Lipinski definition) is 3. The maximum atomic E-state index is 13.2. The van der Waals surface area contributed by atoms with Crippen LogP contribution in [0, 0.1) is 11.8 Å². The van der Waals surface area contributed by atoms with Crippen molar-refractivity contribution in [1.29, 1.82) is 0 Å². The van der Waals surface area contributed by atoms with Gasteiger partial charge in [-0.25, -0.2) is 0 Å². The van der Waals surface area contributed by atoms with E-state index in [9.17, 15) is 14.7 Å². The summed E-state index contributed by atoms with van der Waals surface area (Å²) in [4.78, 5) is 26.5. The van der Waals surface area contributed by atoms with Crippen molar-refractivity contribution in [3.05, 3.63) is 54.1 Å². The summed E-state index contributed by atoms with van der Waals surface area (Å²) >= 11 is 6.07. The van der Waals surface area contributed by atoms with Gasteiger partial charge in [0.1, 0.15) is 11.5 Å². The number of carboxylic acids is 1. The molecule has 24 heavy (non-hydrogen) atoms. The Labute approximate surface area is 144 Å².